The molecule has 0 radical (unpaired) electrons. The van der Waals surface area contributed by atoms with Crippen LogP contribution in [0.4, 0.5) is 11.4 Å². The van der Waals surface area contributed by atoms with Gasteiger partial charge in [-0.25, -0.2) is 4.99 Å². The summed E-state index contributed by atoms with van der Waals surface area (Å²) >= 11 is 1.43. The zero-order valence-corrected chi connectivity index (χ0v) is 19.1. The number of carbonyl (C=O) groups excluding carboxylic acids is 1. The normalized spacial score (nSPS) is 16.0. The first-order valence-corrected chi connectivity index (χ1v) is 11.7. The average molecular weight is 447 g/mol. The molecule has 2 aromatic carbocycles. The molecule has 2 aliphatic rings. The number of likely N-dealkylation sites (tertiary alicyclic amines) is 1. The van der Waals surface area contributed by atoms with Gasteiger partial charge in [0.1, 0.15) is 17.3 Å². The molecule has 5 rings (SSSR count). The minimum atomic E-state index is -0.108. The van der Waals surface area contributed by atoms with Crippen molar-refractivity contribution < 1.29 is 9.53 Å². The molecule has 7 heteroatoms. The van der Waals surface area contributed by atoms with E-state index in [2.05, 4.69) is 29.2 Å². The average Bonchev–Trinajstić information content (AvgIpc) is 3.29. The van der Waals surface area contributed by atoms with Gasteiger partial charge in [0.15, 0.2) is 5.75 Å². The number of fused-ring (bicyclic) bond motifs is 2. The largest absolute Gasteiger partial charge is 0.454 e. The van der Waals surface area contributed by atoms with Crippen LogP contribution in [0.3, 0.4) is 0 Å². The summed E-state index contributed by atoms with van der Waals surface area (Å²) in [5.41, 5.74) is 2.44. The van der Waals surface area contributed by atoms with E-state index in [-0.39, 0.29) is 5.91 Å². The molecule has 0 saturated carbocycles. The number of amides is 1. The molecule has 3 aromatic rings. The molecule has 1 N–H and O–H groups in total. The fourth-order valence-electron chi connectivity index (χ4n) is 4.24. The fraction of sp³-hybridized carbons (Fsp3) is 0.280. The van der Waals surface area contributed by atoms with Crippen LogP contribution >= 0.6 is 11.3 Å². The lowest BCUT2D eigenvalue weighted by atomic mass is 10.0. The van der Waals surface area contributed by atoms with Gasteiger partial charge in [0.25, 0.3) is 5.91 Å². The van der Waals surface area contributed by atoms with Gasteiger partial charge in [-0.05, 0) is 68.7 Å². The SMILES string of the molecule is CN(C)C1CCN(C2=Nc3ccccc3Oc3ccc(NC(=O)c4cccs4)cc32)CC1. The number of anilines is 1. The van der Waals surface area contributed by atoms with Crippen molar-refractivity contribution in [3.63, 3.8) is 0 Å². The summed E-state index contributed by atoms with van der Waals surface area (Å²) in [4.78, 5) is 23.0. The molecule has 2 aliphatic heterocycles. The Kier molecular flexibility index (Phi) is 5.68. The van der Waals surface area contributed by atoms with Crippen LogP contribution in [-0.2, 0) is 0 Å². The van der Waals surface area contributed by atoms with Crippen LogP contribution < -0.4 is 10.1 Å². The Bertz CT molecular complexity index is 1150. The van der Waals surface area contributed by atoms with Crippen LogP contribution in [0.15, 0.2) is 65.0 Å². The van der Waals surface area contributed by atoms with Crippen molar-refractivity contribution in [2.75, 3.05) is 32.5 Å². The molecular weight excluding hydrogens is 420 g/mol. The maximum absolute atomic E-state index is 12.6. The molecule has 0 aliphatic carbocycles. The lowest BCUT2D eigenvalue weighted by Gasteiger charge is -2.37. The number of aliphatic imine (C=N–C) groups is 1. The third-order valence-electron chi connectivity index (χ3n) is 6.03. The Hall–Kier alpha value is -3.16. The molecule has 164 valence electrons. The smallest absolute Gasteiger partial charge is 0.265 e. The first-order chi connectivity index (χ1) is 15.6. The van der Waals surface area contributed by atoms with E-state index in [9.17, 15) is 4.79 Å². The zero-order chi connectivity index (χ0) is 22.1. The van der Waals surface area contributed by atoms with Gasteiger partial charge >= 0.3 is 0 Å². The fourth-order valence-corrected chi connectivity index (χ4v) is 4.85. The number of para-hydroxylation sites is 2. The highest BCUT2D eigenvalue weighted by Crippen LogP contribution is 2.39. The Morgan fingerprint density at radius 1 is 1.09 bits per heavy atom. The van der Waals surface area contributed by atoms with E-state index in [0.717, 1.165) is 60.2 Å². The van der Waals surface area contributed by atoms with Crippen molar-refractivity contribution in [2.24, 2.45) is 4.99 Å². The Balaban J connectivity index is 1.50. The highest BCUT2D eigenvalue weighted by atomic mass is 32.1. The summed E-state index contributed by atoms with van der Waals surface area (Å²) in [5.74, 6) is 2.28. The highest BCUT2D eigenvalue weighted by molar-refractivity contribution is 7.12. The molecule has 3 heterocycles. The molecule has 1 amide bonds. The summed E-state index contributed by atoms with van der Waals surface area (Å²) in [6.45, 7) is 1.85. The first-order valence-electron chi connectivity index (χ1n) is 10.8. The number of rotatable bonds is 3. The molecule has 0 bridgehead atoms. The van der Waals surface area contributed by atoms with Gasteiger partial charge in [-0.15, -0.1) is 11.3 Å². The number of benzene rings is 2. The van der Waals surface area contributed by atoms with Crippen LogP contribution in [0.25, 0.3) is 0 Å². The molecule has 1 fully saturated rings. The van der Waals surface area contributed by atoms with E-state index < -0.39 is 0 Å². The molecule has 32 heavy (non-hydrogen) atoms. The maximum atomic E-state index is 12.6. The Morgan fingerprint density at radius 3 is 2.66 bits per heavy atom. The second-order valence-corrected chi connectivity index (χ2v) is 9.28. The number of hydrogen-bond donors (Lipinski definition) is 1. The number of amidine groups is 1. The Morgan fingerprint density at radius 2 is 1.91 bits per heavy atom. The molecule has 6 nitrogen and oxygen atoms in total. The van der Waals surface area contributed by atoms with Crippen LogP contribution in [0, 0.1) is 0 Å². The third-order valence-corrected chi connectivity index (χ3v) is 6.90. The maximum Gasteiger partial charge on any atom is 0.265 e. The minimum absolute atomic E-state index is 0.108. The molecular formula is C25H26N4O2S. The highest BCUT2D eigenvalue weighted by Gasteiger charge is 2.27. The monoisotopic (exact) mass is 446 g/mol. The van der Waals surface area contributed by atoms with E-state index in [1.165, 1.54) is 11.3 Å². The quantitative estimate of drug-likeness (QED) is 0.600. The number of piperidine rings is 1. The van der Waals surface area contributed by atoms with Crippen LogP contribution in [0.5, 0.6) is 11.5 Å². The molecule has 1 aromatic heterocycles. The van der Waals surface area contributed by atoms with Gasteiger partial charge in [-0.3, -0.25) is 4.79 Å². The van der Waals surface area contributed by atoms with E-state index >= 15 is 0 Å². The summed E-state index contributed by atoms with van der Waals surface area (Å²) in [7, 11) is 4.29. The van der Waals surface area contributed by atoms with Crippen molar-refractivity contribution in [2.45, 2.75) is 18.9 Å². The standard InChI is InChI=1S/C25H26N4O2S/c1-28(2)18-11-13-29(14-12-18)24-19-16-17(26-25(30)23-8-5-15-32-23)9-10-21(19)31-22-7-4-3-6-20(22)27-24/h3-10,15-16,18H,11-14H2,1-2H3,(H,26,30). The number of carbonyl (C=O) groups is 1. The molecule has 0 spiro atoms. The van der Waals surface area contributed by atoms with Crippen LogP contribution in [-0.4, -0.2) is 54.8 Å². The van der Waals surface area contributed by atoms with Crippen molar-refractivity contribution >= 4 is 34.5 Å². The van der Waals surface area contributed by atoms with Crippen molar-refractivity contribution in [3.05, 3.63) is 70.4 Å². The number of thiophene rings is 1. The number of nitrogens with one attached hydrogen (secondary N) is 1. The van der Waals surface area contributed by atoms with Crippen LogP contribution in [0.2, 0.25) is 0 Å². The molecule has 0 unspecified atom stereocenters. The molecule has 0 atom stereocenters. The topological polar surface area (TPSA) is 57.2 Å². The zero-order valence-electron chi connectivity index (χ0n) is 18.2. The number of ether oxygens (including phenoxy) is 1. The molecule has 1 saturated heterocycles. The number of nitrogens with zero attached hydrogens (tertiary/aromatic N) is 3. The first kappa shape index (κ1) is 20.7. The second-order valence-electron chi connectivity index (χ2n) is 8.33. The van der Waals surface area contributed by atoms with Crippen molar-refractivity contribution in [3.8, 4) is 11.5 Å². The lowest BCUT2D eigenvalue weighted by molar-refractivity contribution is 0.103. The number of hydrogen-bond acceptors (Lipinski definition) is 6. The van der Waals surface area contributed by atoms with Gasteiger partial charge in [-0.2, -0.15) is 0 Å². The van der Waals surface area contributed by atoms with E-state index in [1.807, 2.05) is 60.0 Å². The predicted octanol–water partition coefficient (Wildman–Crippen LogP) is 5.21. The summed E-state index contributed by atoms with van der Waals surface area (Å²) in [6.07, 6.45) is 2.16. The van der Waals surface area contributed by atoms with E-state index in [1.54, 1.807) is 0 Å². The summed E-state index contributed by atoms with van der Waals surface area (Å²) in [5, 5.41) is 4.92. The predicted molar refractivity (Wildman–Crippen MR) is 130 cm³/mol. The van der Waals surface area contributed by atoms with Crippen molar-refractivity contribution in [1.82, 2.24) is 9.80 Å². The van der Waals surface area contributed by atoms with Gasteiger partial charge in [-0.1, -0.05) is 18.2 Å². The van der Waals surface area contributed by atoms with Gasteiger partial charge in [0.05, 0.1) is 10.4 Å². The van der Waals surface area contributed by atoms with Gasteiger partial charge in [0.2, 0.25) is 0 Å². The van der Waals surface area contributed by atoms with Crippen molar-refractivity contribution in [1.29, 1.82) is 0 Å². The third kappa shape index (κ3) is 4.13. The lowest BCUT2D eigenvalue weighted by Crippen LogP contribution is -2.44. The Labute approximate surface area is 192 Å². The van der Waals surface area contributed by atoms with Gasteiger partial charge < -0.3 is 19.9 Å². The summed E-state index contributed by atoms with van der Waals surface area (Å²) in [6, 6.07) is 17.9. The minimum Gasteiger partial charge on any atom is -0.454 e. The van der Waals surface area contributed by atoms with Crippen LogP contribution in [0.1, 0.15) is 28.1 Å². The van der Waals surface area contributed by atoms with Gasteiger partial charge in [0, 0.05) is 24.8 Å². The van der Waals surface area contributed by atoms with E-state index in [4.69, 9.17) is 9.73 Å². The second kappa shape index (κ2) is 8.76. The van der Waals surface area contributed by atoms with E-state index in [0.29, 0.717) is 10.9 Å². The summed E-state index contributed by atoms with van der Waals surface area (Å²) < 4.78 is 6.25.